The van der Waals surface area contributed by atoms with Gasteiger partial charge in [0.05, 0.1) is 17.5 Å². The molecule has 0 bridgehead atoms. The second kappa shape index (κ2) is 6.34. The topological polar surface area (TPSA) is 78.0 Å². The number of hydrogen-bond acceptors (Lipinski definition) is 3. The summed E-state index contributed by atoms with van der Waals surface area (Å²) in [6.07, 6.45) is 1.52. The number of aromatic nitrogens is 2. The molecule has 0 saturated heterocycles. The first kappa shape index (κ1) is 14.3. The molecule has 1 aromatic heterocycles. The fraction of sp³-hybridized carbons (Fsp3) is 0.333. The number of aliphatic hydroxyl groups is 1. The maximum Gasteiger partial charge on any atom is 0.255 e. The molecule has 0 saturated carbocycles. The Bertz CT molecular complexity index is 566. The van der Waals surface area contributed by atoms with Crippen LogP contribution in [0.5, 0.6) is 0 Å². The Balaban J connectivity index is 2.18. The third-order valence-electron chi connectivity index (χ3n) is 3.45. The number of benzene rings is 1. The summed E-state index contributed by atoms with van der Waals surface area (Å²) in [5, 5.41) is 18.8. The van der Waals surface area contributed by atoms with Gasteiger partial charge < -0.3 is 10.4 Å². The first-order chi connectivity index (χ1) is 9.63. The van der Waals surface area contributed by atoms with E-state index >= 15 is 0 Å². The molecular formula is C15H19N3O2. The lowest BCUT2D eigenvalue weighted by Crippen LogP contribution is -2.38. The van der Waals surface area contributed by atoms with Gasteiger partial charge in [-0.3, -0.25) is 9.89 Å². The number of nitrogens with zero attached hydrogens (tertiary/aromatic N) is 1. The molecule has 2 atom stereocenters. The first-order valence-corrected chi connectivity index (χ1v) is 6.64. The van der Waals surface area contributed by atoms with Crippen LogP contribution in [0.3, 0.4) is 0 Å². The van der Waals surface area contributed by atoms with Crippen LogP contribution in [0.15, 0.2) is 36.5 Å². The number of H-pyrrole nitrogens is 1. The molecule has 1 aromatic carbocycles. The van der Waals surface area contributed by atoms with E-state index in [-0.39, 0.29) is 24.5 Å². The number of amides is 1. The molecule has 5 heteroatoms. The molecule has 0 aliphatic carbocycles. The molecule has 3 N–H and O–H groups in total. The van der Waals surface area contributed by atoms with Gasteiger partial charge in [-0.25, -0.2) is 0 Å². The molecule has 2 rings (SSSR count). The molecule has 1 amide bonds. The van der Waals surface area contributed by atoms with Crippen LogP contribution in [0.25, 0.3) is 11.3 Å². The summed E-state index contributed by atoms with van der Waals surface area (Å²) >= 11 is 0. The van der Waals surface area contributed by atoms with Crippen molar-refractivity contribution in [2.45, 2.75) is 19.9 Å². The van der Waals surface area contributed by atoms with Gasteiger partial charge >= 0.3 is 0 Å². The standard InChI is InChI=1S/C15H19N3O2/c1-10(9-19)11(2)17-15(20)13-8-16-18-14(13)12-6-4-3-5-7-12/h3-8,10-11,19H,9H2,1-2H3,(H,16,18)(H,17,20). The Labute approximate surface area is 118 Å². The molecule has 0 radical (unpaired) electrons. The monoisotopic (exact) mass is 273 g/mol. The molecular weight excluding hydrogens is 254 g/mol. The smallest absolute Gasteiger partial charge is 0.255 e. The van der Waals surface area contributed by atoms with Gasteiger partial charge in [0, 0.05) is 18.2 Å². The second-order valence-corrected chi connectivity index (χ2v) is 4.95. The summed E-state index contributed by atoms with van der Waals surface area (Å²) in [6.45, 7) is 3.80. The third kappa shape index (κ3) is 3.05. The number of nitrogens with one attached hydrogen (secondary N) is 2. The molecule has 2 aromatic rings. The average molecular weight is 273 g/mol. The van der Waals surface area contributed by atoms with Crippen molar-refractivity contribution in [1.82, 2.24) is 15.5 Å². The van der Waals surface area contributed by atoms with Crippen LogP contribution in [0.1, 0.15) is 24.2 Å². The number of aliphatic hydroxyl groups excluding tert-OH is 1. The number of aromatic amines is 1. The summed E-state index contributed by atoms with van der Waals surface area (Å²) in [6, 6.07) is 9.48. The van der Waals surface area contributed by atoms with Crippen LogP contribution < -0.4 is 5.32 Å². The van der Waals surface area contributed by atoms with Crippen molar-refractivity contribution in [3.05, 3.63) is 42.1 Å². The fourth-order valence-electron chi connectivity index (χ4n) is 1.87. The van der Waals surface area contributed by atoms with Gasteiger partial charge in [-0.1, -0.05) is 37.3 Å². The summed E-state index contributed by atoms with van der Waals surface area (Å²) in [7, 11) is 0. The molecule has 106 valence electrons. The van der Waals surface area contributed by atoms with Gasteiger partial charge in [0.2, 0.25) is 0 Å². The summed E-state index contributed by atoms with van der Waals surface area (Å²) < 4.78 is 0. The van der Waals surface area contributed by atoms with Crippen LogP contribution >= 0.6 is 0 Å². The van der Waals surface area contributed by atoms with Gasteiger partial charge in [-0.05, 0) is 12.8 Å². The van der Waals surface area contributed by atoms with Crippen LogP contribution in [0.2, 0.25) is 0 Å². The molecule has 0 fully saturated rings. The predicted octanol–water partition coefficient (Wildman–Crippen LogP) is 1.82. The quantitative estimate of drug-likeness (QED) is 0.777. The second-order valence-electron chi connectivity index (χ2n) is 4.95. The van der Waals surface area contributed by atoms with E-state index in [0.29, 0.717) is 11.3 Å². The molecule has 0 spiro atoms. The Morgan fingerprint density at radius 1 is 1.35 bits per heavy atom. The van der Waals surface area contributed by atoms with E-state index in [1.807, 2.05) is 44.2 Å². The van der Waals surface area contributed by atoms with E-state index < -0.39 is 0 Å². The Hall–Kier alpha value is -2.14. The van der Waals surface area contributed by atoms with Crippen molar-refractivity contribution in [2.24, 2.45) is 5.92 Å². The molecule has 0 aliphatic rings. The fourth-order valence-corrected chi connectivity index (χ4v) is 1.87. The maximum absolute atomic E-state index is 12.3. The minimum absolute atomic E-state index is 0.00558. The van der Waals surface area contributed by atoms with Gasteiger partial charge in [0.15, 0.2) is 0 Å². The largest absolute Gasteiger partial charge is 0.396 e. The van der Waals surface area contributed by atoms with E-state index in [0.717, 1.165) is 5.56 Å². The maximum atomic E-state index is 12.3. The lowest BCUT2D eigenvalue weighted by molar-refractivity contribution is 0.0917. The molecule has 1 heterocycles. The van der Waals surface area contributed by atoms with Gasteiger partial charge in [0.1, 0.15) is 0 Å². The van der Waals surface area contributed by atoms with E-state index in [9.17, 15) is 4.79 Å². The number of hydrogen-bond donors (Lipinski definition) is 3. The van der Waals surface area contributed by atoms with Crippen molar-refractivity contribution in [3.8, 4) is 11.3 Å². The van der Waals surface area contributed by atoms with Crippen LogP contribution in [0, 0.1) is 5.92 Å². The minimum Gasteiger partial charge on any atom is -0.396 e. The zero-order valence-electron chi connectivity index (χ0n) is 11.6. The predicted molar refractivity (Wildman–Crippen MR) is 77.2 cm³/mol. The van der Waals surface area contributed by atoms with Crippen molar-refractivity contribution < 1.29 is 9.90 Å². The highest BCUT2D eigenvalue weighted by Crippen LogP contribution is 2.20. The number of carbonyl (C=O) groups is 1. The van der Waals surface area contributed by atoms with E-state index in [1.54, 1.807) is 0 Å². The van der Waals surface area contributed by atoms with Crippen molar-refractivity contribution >= 4 is 5.91 Å². The highest BCUT2D eigenvalue weighted by atomic mass is 16.3. The Morgan fingerprint density at radius 2 is 2.05 bits per heavy atom. The molecule has 2 unspecified atom stereocenters. The highest BCUT2D eigenvalue weighted by Gasteiger charge is 2.19. The van der Waals surface area contributed by atoms with E-state index in [1.165, 1.54) is 6.20 Å². The Kier molecular flexibility index (Phi) is 4.53. The average Bonchev–Trinajstić information content (AvgIpc) is 2.96. The molecule has 20 heavy (non-hydrogen) atoms. The van der Waals surface area contributed by atoms with Crippen LogP contribution in [-0.2, 0) is 0 Å². The zero-order chi connectivity index (χ0) is 14.5. The van der Waals surface area contributed by atoms with Crippen LogP contribution in [-0.4, -0.2) is 33.9 Å². The van der Waals surface area contributed by atoms with E-state index in [4.69, 9.17) is 5.11 Å². The van der Waals surface area contributed by atoms with Gasteiger partial charge in [-0.2, -0.15) is 5.10 Å². The van der Waals surface area contributed by atoms with Gasteiger partial charge in [0.25, 0.3) is 5.91 Å². The normalized spacial score (nSPS) is 13.8. The van der Waals surface area contributed by atoms with Crippen molar-refractivity contribution in [2.75, 3.05) is 6.61 Å². The highest BCUT2D eigenvalue weighted by molar-refractivity contribution is 5.99. The minimum atomic E-state index is -0.189. The van der Waals surface area contributed by atoms with E-state index in [2.05, 4.69) is 15.5 Å². The van der Waals surface area contributed by atoms with Crippen molar-refractivity contribution in [3.63, 3.8) is 0 Å². The lowest BCUT2D eigenvalue weighted by atomic mass is 10.0. The number of carbonyl (C=O) groups excluding carboxylic acids is 1. The first-order valence-electron chi connectivity index (χ1n) is 6.64. The SMILES string of the molecule is CC(CO)C(C)NC(=O)c1cn[nH]c1-c1ccccc1. The van der Waals surface area contributed by atoms with Crippen molar-refractivity contribution in [1.29, 1.82) is 0 Å². The Morgan fingerprint density at radius 3 is 2.70 bits per heavy atom. The van der Waals surface area contributed by atoms with Gasteiger partial charge in [-0.15, -0.1) is 0 Å². The summed E-state index contributed by atoms with van der Waals surface area (Å²) in [5.41, 5.74) is 2.12. The number of rotatable bonds is 5. The third-order valence-corrected chi connectivity index (χ3v) is 3.45. The lowest BCUT2D eigenvalue weighted by Gasteiger charge is -2.19. The zero-order valence-corrected chi connectivity index (χ0v) is 11.6. The summed E-state index contributed by atoms with van der Waals surface area (Å²) in [5.74, 6) is -0.184. The summed E-state index contributed by atoms with van der Waals surface area (Å²) in [4.78, 5) is 12.3. The van der Waals surface area contributed by atoms with Crippen LogP contribution in [0.4, 0.5) is 0 Å². The molecule has 5 nitrogen and oxygen atoms in total. The molecule has 0 aliphatic heterocycles.